The highest BCUT2D eigenvalue weighted by Gasteiger charge is 2.17. The zero-order valence-electron chi connectivity index (χ0n) is 11.2. The normalized spacial score (nSPS) is 23.6. The molecule has 0 aromatic carbocycles. The molecule has 5 nitrogen and oxygen atoms in total. The molecule has 19 heavy (non-hydrogen) atoms. The largest absolute Gasteiger partial charge is 0.478 e. The van der Waals surface area contributed by atoms with Gasteiger partial charge in [-0.25, -0.2) is 9.78 Å². The maximum Gasteiger partial charge on any atom is 0.337 e. The first kappa shape index (κ1) is 13.6. The van der Waals surface area contributed by atoms with Crippen molar-refractivity contribution in [2.75, 3.05) is 11.1 Å². The Hall–Kier alpha value is -1.78. The quantitative estimate of drug-likeness (QED) is 0.730. The number of rotatable bonds is 3. The first-order chi connectivity index (χ1) is 9.06. The van der Waals surface area contributed by atoms with E-state index in [4.69, 9.17) is 10.8 Å². The number of nitrogens with two attached hydrogens (primary N) is 1. The first-order valence-corrected chi connectivity index (χ1v) is 6.81. The summed E-state index contributed by atoms with van der Waals surface area (Å²) in [7, 11) is 0. The number of hydrogen-bond acceptors (Lipinski definition) is 4. The number of anilines is 2. The van der Waals surface area contributed by atoms with Crippen LogP contribution in [0.5, 0.6) is 0 Å². The Bertz CT molecular complexity index is 462. The summed E-state index contributed by atoms with van der Waals surface area (Å²) in [5.41, 5.74) is 6.38. The minimum Gasteiger partial charge on any atom is -0.478 e. The van der Waals surface area contributed by atoms with E-state index in [0.717, 1.165) is 18.8 Å². The van der Waals surface area contributed by atoms with E-state index in [-0.39, 0.29) is 5.56 Å². The van der Waals surface area contributed by atoms with Gasteiger partial charge >= 0.3 is 5.97 Å². The highest BCUT2D eigenvalue weighted by molar-refractivity contribution is 5.89. The molecule has 1 aromatic heterocycles. The molecule has 0 bridgehead atoms. The summed E-state index contributed by atoms with van der Waals surface area (Å²) in [4.78, 5) is 14.9. The van der Waals surface area contributed by atoms with Crippen molar-refractivity contribution < 1.29 is 9.90 Å². The third-order valence-electron chi connectivity index (χ3n) is 3.76. The predicted octanol–water partition coefficient (Wildman–Crippen LogP) is 2.74. The van der Waals surface area contributed by atoms with Crippen molar-refractivity contribution in [3.05, 3.63) is 17.8 Å². The monoisotopic (exact) mass is 263 g/mol. The van der Waals surface area contributed by atoms with Crippen molar-refractivity contribution in [1.29, 1.82) is 0 Å². The molecule has 1 fully saturated rings. The molecule has 2 unspecified atom stereocenters. The number of aromatic nitrogens is 1. The van der Waals surface area contributed by atoms with Crippen LogP contribution < -0.4 is 11.1 Å². The van der Waals surface area contributed by atoms with Gasteiger partial charge in [-0.15, -0.1) is 0 Å². The smallest absolute Gasteiger partial charge is 0.337 e. The van der Waals surface area contributed by atoms with Crippen LogP contribution in [0.25, 0.3) is 0 Å². The van der Waals surface area contributed by atoms with Crippen molar-refractivity contribution in [2.45, 2.75) is 45.1 Å². The van der Waals surface area contributed by atoms with E-state index in [2.05, 4.69) is 17.2 Å². The number of nitrogens with zero attached hydrogens (tertiary/aromatic N) is 1. The van der Waals surface area contributed by atoms with Gasteiger partial charge in [-0.2, -0.15) is 0 Å². The summed E-state index contributed by atoms with van der Waals surface area (Å²) in [5, 5.41) is 12.2. The van der Waals surface area contributed by atoms with E-state index in [1.807, 2.05) is 0 Å². The molecule has 2 atom stereocenters. The Morgan fingerprint density at radius 2 is 2.21 bits per heavy atom. The fourth-order valence-corrected chi connectivity index (χ4v) is 2.54. The third kappa shape index (κ3) is 3.59. The number of aromatic carboxylic acids is 1. The van der Waals surface area contributed by atoms with Crippen LogP contribution in [0.2, 0.25) is 0 Å². The van der Waals surface area contributed by atoms with Crippen LogP contribution >= 0.6 is 0 Å². The van der Waals surface area contributed by atoms with Crippen LogP contribution in [-0.4, -0.2) is 22.1 Å². The molecule has 0 spiro atoms. The summed E-state index contributed by atoms with van der Waals surface area (Å²) in [6.45, 7) is 2.29. The summed E-state index contributed by atoms with van der Waals surface area (Å²) < 4.78 is 0. The molecule has 1 saturated carbocycles. The molecule has 0 amide bonds. The van der Waals surface area contributed by atoms with Gasteiger partial charge in [0.1, 0.15) is 5.82 Å². The zero-order chi connectivity index (χ0) is 13.8. The number of carbonyl (C=O) groups is 1. The molecular formula is C14H21N3O2. The second-order valence-electron chi connectivity index (χ2n) is 5.42. The minimum atomic E-state index is -1.01. The standard InChI is InChI=1S/C14H21N3O2/c1-9-3-2-4-11(6-5-9)17-13-12(15)7-10(8-16-13)14(18)19/h7-9,11H,2-6,15H2,1H3,(H,16,17)(H,18,19). The molecule has 0 aliphatic heterocycles. The van der Waals surface area contributed by atoms with Gasteiger partial charge in [-0.1, -0.05) is 19.8 Å². The van der Waals surface area contributed by atoms with Gasteiger partial charge in [0, 0.05) is 12.2 Å². The van der Waals surface area contributed by atoms with E-state index in [9.17, 15) is 4.79 Å². The molecule has 0 saturated heterocycles. The second-order valence-corrected chi connectivity index (χ2v) is 5.42. The molecule has 1 aliphatic carbocycles. The minimum absolute atomic E-state index is 0.123. The molecule has 104 valence electrons. The maximum absolute atomic E-state index is 10.8. The average molecular weight is 263 g/mol. The van der Waals surface area contributed by atoms with Gasteiger partial charge in [0.2, 0.25) is 0 Å². The molecule has 1 aromatic rings. The number of carboxylic acid groups (broad SMARTS) is 1. The van der Waals surface area contributed by atoms with Crippen molar-refractivity contribution in [3.8, 4) is 0 Å². The first-order valence-electron chi connectivity index (χ1n) is 6.81. The second kappa shape index (κ2) is 5.91. The van der Waals surface area contributed by atoms with Crippen LogP contribution in [0, 0.1) is 5.92 Å². The lowest BCUT2D eigenvalue weighted by Crippen LogP contribution is -2.20. The fraction of sp³-hybridized carbons (Fsp3) is 0.571. The lowest BCUT2D eigenvalue weighted by Gasteiger charge is -2.18. The fourth-order valence-electron chi connectivity index (χ4n) is 2.54. The summed E-state index contributed by atoms with van der Waals surface area (Å²) in [6.07, 6.45) is 7.28. The van der Waals surface area contributed by atoms with Gasteiger partial charge in [0.25, 0.3) is 0 Å². The van der Waals surface area contributed by atoms with Crippen molar-refractivity contribution >= 4 is 17.5 Å². The van der Waals surface area contributed by atoms with Gasteiger partial charge in [0.15, 0.2) is 0 Å². The predicted molar refractivity (Wildman–Crippen MR) is 75.3 cm³/mol. The van der Waals surface area contributed by atoms with E-state index < -0.39 is 5.97 Å². The topological polar surface area (TPSA) is 88.2 Å². The molecule has 1 aliphatic rings. The molecule has 4 N–H and O–H groups in total. The lowest BCUT2D eigenvalue weighted by atomic mass is 10.0. The molecule has 0 radical (unpaired) electrons. The Morgan fingerprint density at radius 3 is 2.89 bits per heavy atom. The van der Waals surface area contributed by atoms with E-state index in [1.165, 1.54) is 31.5 Å². The summed E-state index contributed by atoms with van der Waals surface area (Å²) in [6, 6.07) is 1.84. The van der Waals surface area contributed by atoms with Gasteiger partial charge in [0.05, 0.1) is 11.3 Å². The SMILES string of the molecule is CC1CCCC(Nc2ncc(C(=O)O)cc2N)CC1. The van der Waals surface area contributed by atoms with Gasteiger partial charge < -0.3 is 16.2 Å². The highest BCUT2D eigenvalue weighted by Crippen LogP contribution is 2.26. The number of pyridine rings is 1. The Labute approximate surface area is 113 Å². The zero-order valence-corrected chi connectivity index (χ0v) is 11.2. The van der Waals surface area contributed by atoms with Crippen molar-refractivity contribution in [1.82, 2.24) is 4.98 Å². The van der Waals surface area contributed by atoms with E-state index >= 15 is 0 Å². The van der Waals surface area contributed by atoms with Crippen LogP contribution in [0.4, 0.5) is 11.5 Å². The van der Waals surface area contributed by atoms with Crippen molar-refractivity contribution in [3.63, 3.8) is 0 Å². The van der Waals surface area contributed by atoms with Crippen LogP contribution in [0.1, 0.15) is 49.4 Å². The van der Waals surface area contributed by atoms with E-state index in [1.54, 1.807) is 0 Å². The van der Waals surface area contributed by atoms with Crippen LogP contribution in [-0.2, 0) is 0 Å². The molecule has 5 heteroatoms. The molecule has 2 rings (SSSR count). The molecule has 1 heterocycles. The van der Waals surface area contributed by atoms with Gasteiger partial charge in [-0.3, -0.25) is 0 Å². The number of hydrogen-bond donors (Lipinski definition) is 3. The Balaban J connectivity index is 2.04. The highest BCUT2D eigenvalue weighted by atomic mass is 16.4. The van der Waals surface area contributed by atoms with Crippen molar-refractivity contribution in [2.24, 2.45) is 5.92 Å². The third-order valence-corrected chi connectivity index (χ3v) is 3.76. The summed E-state index contributed by atoms with van der Waals surface area (Å²) >= 11 is 0. The average Bonchev–Trinajstić information content (AvgIpc) is 2.57. The lowest BCUT2D eigenvalue weighted by molar-refractivity contribution is 0.0696. The maximum atomic E-state index is 10.8. The van der Waals surface area contributed by atoms with E-state index in [0.29, 0.717) is 17.5 Å². The van der Waals surface area contributed by atoms with Crippen LogP contribution in [0.3, 0.4) is 0 Å². The molecular weight excluding hydrogens is 242 g/mol. The number of nitrogens with one attached hydrogen (secondary N) is 1. The Morgan fingerprint density at radius 1 is 1.42 bits per heavy atom. The Kier molecular flexibility index (Phi) is 4.24. The summed E-state index contributed by atoms with van der Waals surface area (Å²) in [5.74, 6) is 0.380. The number of carboxylic acids is 1. The number of nitrogen functional groups attached to an aromatic ring is 1. The van der Waals surface area contributed by atoms with Gasteiger partial charge in [-0.05, 0) is 31.2 Å². The van der Waals surface area contributed by atoms with Crippen LogP contribution in [0.15, 0.2) is 12.3 Å².